The Hall–Kier alpha value is -3.43. The smallest absolute Gasteiger partial charge is 0.356 e. The molecule has 9 nitrogen and oxygen atoms in total. The van der Waals surface area contributed by atoms with E-state index >= 15 is 0 Å². The van der Waals surface area contributed by atoms with Crippen LogP contribution >= 0.6 is 11.6 Å². The van der Waals surface area contributed by atoms with Gasteiger partial charge in [0, 0.05) is 59.3 Å². The quantitative estimate of drug-likeness (QED) is 0.374. The van der Waals surface area contributed by atoms with Gasteiger partial charge in [-0.15, -0.1) is 0 Å². The Balaban J connectivity index is 1.77. The summed E-state index contributed by atoms with van der Waals surface area (Å²) in [4.78, 5) is 20.7. The van der Waals surface area contributed by atoms with Crippen LogP contribution in [0.25, 0.3) is 33.3 Å². The number of hydrogen-bond acceptors (Lipinski definition) is 7. The molecular formula is C25H25ClN4O5. The summed E-state index contributed by atoms with van der Waals surface area (Å²) < 4.78 is 18.9. The molecule has 0 aromatic carbocycles. The molecule has 1 fully saturated rings. The number of ether oxygens (including phenoxy) is 2. The van der Waals surface area contributed by atoms with Gasteiger partial charge in [-0.25, -0.2) is 14.8 Å². The topological polar surface area (TPSA) is 112 Å². The zero-order valence-electron chi connectivity index (χ0n) is 19.7. The summed E-state index contributed by atoms with van der Waals surface area (Å²) in [5.41, 5.74) is 4.52. The molecule has 0 bridgehead atoms. The molecule has 182 valence electrons. The normalized spacial score (nSPS) is 14.5. The van der Waals surface area contributed by atoms with Crippen LogP contribution in [0.15, 0.2) is 29.0 Å². The number of carbonyl (C=O) groups is 1. The van der Waals surface area contributed by atoms with E-state index < -0.39 is 5.97 Å². The fourth-order valence-corrected chi connectivity index (χ4v) is 4.91. The third-order valence-corrected chi connectivity index (χ3v) is 6.58. The SMILES string of the molecule is CCOc1nc(C(=O)O)c(Cl)cc1-c1cn(C2CCOCC2)c2ncc(-c3c(C)noc3C)cc12. The zero-order valence-corrected chi connectivity index (χ0v) is 20.4. The minimum atomic E-state index is -1.21. The van der Waals surface area contributed by atoms with E-state index in [4.69, 9.17) is 30.6 Å². The van der Waals surface area contributed by atoms with Crippen molar-refractivity contribution in [1.82, 2.24) is 19.7 Å². The second-order valence-electron chi connectivity index (χ2n) is 8.50. The van der Waals surface area contributed by atoms with E-state index in [0.717, 1.165) is 46.3 Å². The molecule has 0 saturated carbocycles. The lowest BCUT2D eigenvalue weighted by Gasteiger charge is -2.24. The first-order valence-electron chi connectivity index (χ1n) is 11.5. The van der Waals surface area contributed by atoms with E-state index in [-0.39, 0.29) is 22.6 Å². The molecule has 5 rings (SSSR count). The first-order chi connectivity index (χ1) is 16.9. The van der Waals surface area contributed by atoms with Gasteiger partial charge in [-0.3, -0.25) is 0 Å². The minimum absolute atomic E-state index is 0.0396. The fraction of sp³-hybridized carbons (Fsp3) is 0.360. The molecule has 0 spiro atoms. The van der Waals surface area contributed by atoms with Crippen LogP contribution in [0.3, 0.4) is 0 Å². The maximum absolute atomic E-state index is 11.6. The van der Waals surface area contributed by atoms with E-state index in [1.165, 1.54) is 0 Å². The van der Waals surface area contributed by atoms with Crippen LogP contribution in [0.5, 0.6) is 5.88 Å². The zero-order chi connectivity index (χ0) is 24.7. The van der Waals surface area contributed by atoms with Gasteiger partial charge in [0.1, 0.15) is 11.4 Å². The second-order valence-corrected chi connectivity index (χ2v) is 8.90. The third kappa shape index (κ3) is 4.15. The molecule has 4 aromatic rings. The number of nitrogens with zero attached hydrogens (tertiary/aromatic N) is 4. The number of hydrogen-bond donors (Lipinski definition) is 1. The predicted molar refractivity (Wildman–Crippen MR) is 130 cm³/mol. The Kier molecular flexibility index (Phi) is 6.21. The van der Waals surface area contributed by atoms with E-state index in [1.54, 1.807) is 6.07 Å². The van der Waals surface area contributed by atoms with Crippen molar-refractivity contribution in [3.05, 3.63) is 46.7 Å². The molecule has 1 saturated heterocycles. The van der Waals surface area contributed by atoms with Crippen molar-refractivity contribution in [1.29, 1.82) is 0 Å². The van der Waals surface area contributed by atoms with Gasteiger partial charge in [0.25, 0.3) is 0 Å². The number of aromatic nitrogens is 4. The summed E-state index contributed by atoms with van der Waals surface area (Å²) in [5, 5.41) is 14.5. The fourth-order valence-electron chi connectivity index (χ4n) is 4.68. The molecule has 4 aromatic heterocycles. The number of rotatable bonds is 6. The van der Waals surface area contributed by atoms with Crippen molar-refractivity contribution >= 4 is 28.6 Å². The van der Waals surface area contributed by atoms with Crippen molar-refractivity contribution in [3.8, 4) is 28.1 Å². The number of carboxylic acids is 1. The first-order valence-corrected chi connectivity index (χ1v) is 11.8. The maximum atomic E-state index is 11.6. The van der Waals surface area contributed by atoms with Gasteiger partial charge in [0.15, 0.2) is 5.69 Å². The van der Waals surface area contributed by atoms with Crippen molar-refractivity contribution in [2.75, 3.05) is 19.8 Å². The molecule has 1 N–H and O–H groups in total. The molecule has 35 heavy (non-hydrogen) atoms. The predicted octanol–water partition coefficient (Wildman–Crippen LogP) is 5.47. The molecule has 5 heterocycles. The molecular weight excluding hydrogens is 472 g/mol. The summed E-state index contributed by atoms with van der Waals surface area (Å²) in [6, 6.07) is 3.87. The van der Waals surface area contributed by atoms with Gasteiger partial charge in [-0.2, -0.15) is 0 Å². The van der Waals surface area contributed by atoms with Crippen LogP contribution in [0.2, 0.25) is 5.02 Å². The van der Waals surface area contributed by atoms with E-state index in [0.29, 0.717) is 31.1 Å². The Morgan fingerprint density at radius 2 is 2.03 bits per heavy atom. The molecule has 1 aliphatic rings. The second kappa shape index (κ2) is 9.31. The molecule has 0 atom stereocenters. The lowest BCUT2D eigenvalue weighted by Crippen LogP contribution is -2.19. The molecule has 0 amide bonds. The monoisotopic (exact) mass is 496 g/mol. The Morgan fingerprint density at radius 3 is 2.69 bits per heavy atom. The van der Waals surface area contributed by atoms with Crippen molar-refractivity contribution < 1.29 is 23.9 Å². The molecule has 0 unspecified atom stereocenters. The lowest BCUT2D eigenvalue weighted by atomic mass is 10.0. The maximum Gasteiger partial charge on any atom is 0.356 e. The molecule has 1 aliphatic heterocycles. The van der Waals surface area contributed by atoms with Gasteiger partial charge in [-0.1, -0.05) is 16.8 Å². The molecule has 0 aliphatic carbocycles. The number of aryl methyl sites for hydroxylation is 2. The number of halogens is 1. The summed E-state index contributed by atoms with van der Waals surface area (Å²) >= 11 is 6.35. The first kappa shape index (κ1) is 23.3. The lowest BCUT2D eigenvalue weighted by molar-refractivity contribution is 0.0689. The Bertz CT molecular complexity index is 1400. The van der Waals surface area contributed by atoms with Crippen LogP contribution in [0.1, 0.15) is 47.7 Å². The van der Waals surface area contributed by atoms with Crippen LogP contribution in [0.4, 0.5) is 0 Å². The molecule has 0 radical (unpaired) electrons. The summed E-state index contributed by atoms with van der Waals surface area (Å²) in [7, 11) is 0. The van der Waals surface area contributed by atoms with E-state index in [9.17, 15) is 9.90 Å². The number of aromatic carboxylic acids is 1. The number of pyridine rings is 2. The Labute approximate surface area is 206 Å². The van der Waals surface area contributed by atoms with Crippen molar-refractivity contribution in [2.24, 2.45) is 0 Å². The number of fused-ring (bicyclic) bond motifs is 1. The van der Waals surface area contributed by atoms with Crippen LogP contribution in [0, 0.1) is 13.8 Å². The van der Waals surface area contributed by atoms with Gasteiger partial charge in [-0.05, 0) is 45.7 Å². The standard InChI is InChI=1S/C25H25ClN4O5/c1-4-34-24-18(10-20(26)22(28-24)25(31)32)19-12-30(16-5-7-33-8-6-16)23-17(19)9-15(11-27-23)21-13(2)29-35-14(21)3/h9-12,16H,4-8H2,1-3H3,(H,31,32). The van der Waals surface area contributed by atoms with Gasteiger partial charge < -0.3 is 23.7 Å². The van der Waals surface area contributed by atoms with Crippen molar-refractivity contribution in [3.63, 3.8) is 0 Å². The summed E-state index contributed by atoms with van der Waals surface area (Å²) in [6.07, 6.45) is 5.59. The van der Waals surface area contributed by atoms with E-state index in [1.807, 2.05) is 33.2 Å². The van der Waals surface area contributed by atoms with Crippen LogP contribution < -0.4 is 4.74 Å². The average Bonchev–Trinajstić information content (AvgIpc) is 3.39. The minimum Gasteiger partial charge on any atom is -0.477 e. The van der Waals surface area contributed by atoms with Gasteiger partial charge in [0.05, 0.1) is 17.3 Å². The highest BCUT2D eigenvalue weighted by Crippen LogP contribution is 2.41. The average molecular weight is 497 g/mol. The highest BCUT2D eigenvalue weighted by atomic mass is 35.5. The van der Waals surface area contributed by atoms with Crippen LogP contribution in [-0.2, 0) is 4.74 Å². The van der Waals surface area contributed by atoms with Gasteiger partial charge >= 0.3 is 5.97 Å². The molecule has 10 heteroatoms. The summed E-state index contributed by atoms with van der Waals surface area (Å²) in [5.74, 6) is -0.294. The van der Waals surface area contributed by atoms with Crippen molar-refractivity contribution in [2.45, 2.75) is 39.7 Å². The largest absolute Gasteiger partial charge is 0.477 e. The van der Waals surface area contributed by atoms with E-state index in [2.05, 4.69) is 20.8 Å². The Morgan fingerprint density at radius 1 is 1.26 bits per heavy atom. The van der Waals surface area contributed by atoms with Gasteiger partial charge in [0.2, 0.25) is 5.88 Å². The highest BCUT2D eigenvalue weighted by molar-refractivity contribution is 6.33. The summed E-state index contributed by atoms with van der Waals surface area (Å²) in [6.45, 7) is 7.27. The van der Waals surface area contributed by atoms with Crippen LogP contribution in [-0.4, -0.2) is 50.6 Å². The third-order valence-electron chi connectivity index (χ3n) is 6.29. The highest BCUT2D eigenvalue weighted by Gasteiger charge is 2.25. The number of carboxylic acid groups (broad SMARTS) is 1.